The number of aromatic nitrogens is 4. The highest BCUT2D eigenvalue weighted by Gasteiger charge is 2.17. The van der Waals surface area contributed by atoms with Gasteiger partial charge in [-0.05, 0) is 68.1 Å². The minimum atomic E-state index is -0.0439. The third-order valence-electron chi connectivity index (χ3n) is 6.90. The van der Waals surface area contributed by atoms with Crippen LogP contribution in [0.2, 0.25) is 0 Å². The highest BCUT2D eigenvalue weighted by molar-refractivity contribution is 7.99. The van der Waals surface area contributed by atoms with Crippen LogP contribution in [0.1, 0.15) is 56.8 Å². The molecule has 4 aromatic rings. The number of thiazole rings is 1. The van der Waals surface area contributed by atoms with Crippen molar-refractivity contribution in [2.45, 2.75) is 70.5 Å². The van der Waals surface area contributed by atoms with Crippen molar-refractivity contribution < 1.29 is 4.79 Å². The summed E-state index contributed by atoms with van der Waals surface area (Å²) < 4.78 is 3.35. The number of rotatable bonds is 9. The average Bonchev–Trinajstić information content (AvgIpc) is 3.50. The van der Waals surface area contributed by atoms with Crippen LogP contribution in [0, 0.1) is 12.8 Å². The fourth-order valence-electron chi connectivity index (χ4n) is 4.92. The molecular weight excluding hydrogens is 486 g/mol. The lowest BCUT2D eigenvalue weighted by Gasteiger charge is -2.21. The first kappa shape index (κ1) is 25.0. The van der Waals surface area contributed by atoms with Gasteiger partial charge in [-0.1, -0.05) is 49.9 Å². The van der Waals surface area contributed by atoms with Crippen molar-refractivity contribution in [1.82, 2.24) is 19.7 Å². The summed E-state index contributed by atoms with van der Waals surface area (Å²) in [7, 11) is 0. The molecule has 2 heterocycles. The molecule has 1 aliphatic carbocycles. The zero-order valence-corrected chi connectivity index (χ0v) is 22.6. The molecule has 188 valence electrons. The number of amides is 1. The monoisotopic (exact) mass is 519 g/mol. The maximum absolute atomic E-state index is 12.6. The van der Waals surface area contributed by atoms with E-state index in [0.717, 1.165) is 51.6 Å². The van der Waals surface area contributed by atoms with E-state index in [9.17, 15) is 4.79 Å². The van der Waals surface area contributed by atoms with E-state index in [1.807, 2.05) is 24.3 Å². The van der Waals surface area contributed by atoms with Gasteiger partial charge in [-0.25, -0.2) is 4.98 Å². The van der Waals surface area contributed by atoms with Gasteiger partial charge in [0.2, 0.25) is 5.91 Å². The molecule has 0 radical (unpaired) electrons. The number of anilines is 1. The van der Waals surface area contributed by atoms with E-state index in [1.54, 1.807) is 11.3 Å². The van der Waals surface area contributed by atoms with Crippen LogP contribution in [0.3, 0.4) is 0 Å². The van der Waals surface area contributed by atoms with Crippen LogP contribution >= 0.6 is 23.1 Å². The molecule has 2 aromatic carbocycles. The van der Waals surface area contributed by atoms with Gasteiger partial charge in [0, 0.05) is 24.2 Å². The highest BCUT2D eigenvalue weighted by atomic mass is 32.2. The zero-order valence-electron chi connectivity index (χ0n) is 21.0. The first-order valence-electron chi connectivity index (χ1n) is 12.9. The van der Waals surface area contributed by atoms with Crippen LogP contribution in [0.15, 0.2) is 47.6 Å². The quantitative estimate of drug-likeness (QED) is 0.238. The van der Waals surface area contributed by atoms with Gasteiger partial charge in [0.1, 0.15) is 10.8 Å². The van der Waals surface area contributed by atoms with Crippen LogP contribution in [0.5, 0.6) is 0 Å². The number of fused-ring (bicyclic) bond motifs is 1. The van der Waals surface area contributed by atoms with Crippen molar-refractivity contribution in [3.05, 3.63) is 53.9 Å². The molecule has 0 saturated heterocycles. The van der Waals surface area contributed by atoms with E-state index < -0.39 is 0 Å². The third-order valence-corrected chi connectivity index (χ3v) is 8.94. The molecule has 1 fully saturated rings. The Kier molecular flexibility index (Phi) is 8.02. The fourth-order valence-corrected chi connectivity index (χ4v) is 6.81. The molecule has 2 aromatic heterocycles. The van der Waals surface area contributed by atoms with Crippen LogP contribution in [-0.2, 0) is 17.8 Å². The first-order chi connectivity index (χ1) is 17.6. The third kappa shape index (κ3) is 5.98. The number of aryl methyl sites for hydroxylation is 2. The van der Waals surface area contributed by atoms with Gasteiger partial charge in [0.25, 0.3) is 0 Å². The number of hydrogen-bond donors (Lipinski definition) is 1. The molecule has 0 spiro atoms. The van der Waals surface area contributed by atoms with Crippen molar-refractivity contribution in [2.75, 3.05) is 11.1 Å². The summed E-state index contributed by atoms with van der Waals surface area (Å²) in [6.07, 6.45) is 8.98. The van der Waals surface area contributed by atoms with E-state index in [-0.39, 0.29) is 5.91 Å². The number of nitrogens with one attached hydrogen (secondary N) is 1. The second-order valence-electron chi connectivity index (χ2n) is 9.59. The van der Waals surface area contributed by atoms with Crippen LogP contribution in [-0.4, -0.2) is 31.4 Å². The lowest BCUT2D eigenvalue weighted by molar-refractivity contribution is -0.113. The summed E-state index contributed by atoms with van der Waals surface area (Å²) in [5.74, 6) is 2.14. The van der Waals surface area contributed by atoms with Gasteiger partial charge in [0.05, 0.1) is 16.0 Å². The Balaban J connectivity index is 1.15. The van der Waals surface area contributed by atoms with Gasteiger partial charge >= 0.3 is 0 Å². The predicted molar refractivity (Wildman–Crippen MR) is 150 cm³/mol. The Morgan fingerprint density at radius 1 is 1.11 bits per heavy atom. The molecule has 0 unspecified atom stereocenters. The van der Waals surface area contributed by atoms with Gasteiger partial charge in [-0.15, -0.1) is 21.5 Å². The van der Waals surface area contributed by atoms with Gasteiger partial charge in [-0.3, -0.25) is 4.79 Å². The summed E-state index contributed by atoms with van der Waals surface area (Å²) >= 11 is 3.14. The first-order valence-corrected chi connectivity index (χ1v) is 14.7. The van der Waals surface area contributed by atoms with Crippen LogP contribution in [0.4, 0.5) is 5.69 Å². The largest absolute Gasteiger partial charge is 0.325 e. The summed E-state index contributed by atoms with van der Waals surface area (Å²) in [5.41, 5.74) is 4.10. The summed E-state index contributed by atoms with van der Waals surface area (Å²) in [4.78, 5) is 17.4. The number of carbonyl (C=O) groups excluding carboxylic acids is 1. The number of benzene rings is 2. The smallest absolute Gasteiger partial charge is 0.234 e. The number of carbonyl (C=O) groups is 1. The maximum atomic E-state index is 12.6. The highest BCUT2D eigenvalue weighted by Crippen LogP contribution is 2.31. The van der Waals surface area contributed by atoms with E-state index in [2.05, 4.69) is 52.1 Å². The second kappa shape index (κ2) is 11.6. The normalized spacial score (nSPS) is 14.4. The molecule has 1 aliphatic rings. The van der Waals surface area contributed by atoms with Crippen molar-refractivity contribution in [3.8, 4) is 10.6 Å². The Labute approximate surface area is 220 Å². The van der Waals surface area contributed by atoms with E-state index in [4.69, 9.17) is 4.98 Å². The SMILES string of the molecule is CCn1c(CCC2CCCCC2)nnc1SCC(=O)Nc1ccc(-c2nc3ccc(C)cc3s2)cc1. The van der Waals surface area contributed by atoms with E-state index in [1.165, 1.54) is 60.6 Å². The topological polar surface area (TPSA) is 72.7 Å². The molecule has 1 N–H and O–H groups in total. The minimum absolute atomic E-state index is 0.0439. The molecule has 8 heteroatoms. The standard InChI is InChI=1S/C28H33N5OS2/c1-3-33-25(16-10-20-7-5-4-6-8-20)31-32-28(33)35-18-26(34)29-22-13-11-21(12-14-22)27-30-23-15-9-19(2)17-24(23)36-27/h9,11-15,17,20H,3-8,10,16,18H2,1-2H3,(H,29,34). The second-order valence-corrected chi connectivity index (χ2v) is 11.6. The lowest BCUT2D eigenvalue weighted by atomic mass is 9.86. The fraction of sp³-hybridized carbons (Fsp3) is 0.429. The van der Waals surface area contributed by atoms with Crippen LogP contribution in [0.25, 0.3) is 20.8 Å². The van der Waals surface area contributed by atoms with Crippen molar-refractivity contribution in [3.63, 3.8) is 0 Å². The molecular formula is C28H33N5OS2. The molecule has 1 saturated carbocycles. The zero-order chi connectivity index (χ0) is 24.9. The Bertz CT molecular complexity index is 1320. The van der Waals surface area contributed by atoms with Gasteiger partial charge in [-0.2, -0.15) is 0 Å². The molecule has 0 atom stereocenters. The molecule has 0 aliphatic heterocycles. The Hall–Kier alpha value is -2.71. The Morgan fingerprint density at radius 2 is 1.92 bits per heavy atom. The summed E-state index contributed by atoms with van der Waals surface area (Å²) in [6.45, 7) is 5.04. The van der Waals surface area contributed by atoms with E-state index >= 15 is 0 Å². The lowest BCUT2D eigenvalue weighted by Crippen LogP contribution is -2.15. The number of hydrogen-bond acceptors (Lipinski definition) is 6. The Morgan fingerprint density at radius 3 is 2.69 bits per heavy atom. The van der Waals surface area contributed by atoms with Gasteiger partial charge < -0.3 is 9.88 Å². The molecule has 0 bridgehead atoms. The van der Waals surface area contributed by atoms with Crippen molar-refractivity contribution in [1.29, 1.82) is 0 Å². The maximum Gasteiger partial charge on any atom is 0.234 e. The number of nitrogens with zero attached hydrogens (tertiary/aromatic N) is 4. The van der Waals surface area contributed by atoms with Crippen LogP contribution < -0.4 is 5.32 Å². The molecule has 5 rings (SSSR count). The average molecular weight is 520 g/mol. The number of thioether (sulfide) groups is 1. The van der Waals surface area contributed by atoms with Crippen molar-refractivity contribution in [2.24, 2.45) is 5.92 Å². The van der Waals surface area contributed by atoms with Crippen molar-refractivity contribution >= 4 is 44.9 Å². The summed E-state index contributed by atoms with van der Waals surface area (Å²) in [5, 5.41) is 13.7. The predicted octanol–water partition coefficient (Wildman–Crippen LogP) is 7.13. The minimum Gasteiger partial charge on any atom is -0.325 e. The molecule has 6 nitrogen and oxygen atoms in total. The summed E-state index contributed by atoms with van der Waals surface area (Å²) in [6, 6.07) is 14.2. The molecule has 1 amide bonds. The van der Waals surface area contributed by atoms with Gasteiger partial charge in [0.15, 0.2) is 5.16 Å². The molecule has 36 heavy (non-hydrogen) atoms. The van der Waals surface area contributed by atoms with E-state index in [0.29, 0.717) is 5.75 Å².